The second kappa shape index (κ2) is 2.03. The fourth-order valence-corrected chi connectivity index (χ4v) is 0.626. The van der Waals surface area contributed by atoms with E-state index in [4.69, 9.17) is 10.5 Å². The van der Waals surface area contributed by atoms with Crippen LogP contribution >= 0.6 is 0 Å². The van der Waals surface area contributed by atoms with Crippen molar-refractivity contribution in [3.63, 3.8) is 0 Å². The first-order chi connectivity index (χ1) is 3.77. The second-order valence-electron chi connectivity index (χ2n) is 2.59. The first-order valence-corrected chi connectivity index (χ1v) is 3.11. The molecule has 2 N–H and O–H groups in total. The molecule has 0 bridgehead atoms. The highest BCUT2D eigenvalue weighted by Crippen LogP contribution is 2.38. The molecule has 1 fully saturated rings. The van der Waals surface area contributed by atoms with Crippen LogP contribution in [-0.2, 0) is 4.74 Å². The molecule has 2 nitrogen and oxygen atoms in total. The normalized spacial score (nSPS) is 23.2. The minimum atomic E-state index is 0.222. The molecular weight excluding hydrogens is 102 g/mol. The molecule has 0 amide bonds. The highest BCUT2D eigenvalue weighted by atomic mass is 16.5. The average Bonchev–Trinajstić information content (AvgIpc) is 2.45. The van der Waals surface area contributed by atoms with Crippen LogP contribution in [0.5, 0.6) is 0 Å². The van der Waals surface area contributed by atoms with Crippen LogP contribution in [0, 0.1) is 0 Å². The quantitative estimate of drug-likeness (QED) is 0.581. The molecule has 0 radical (unpaired) electrons. The minimum absolute atomic E-state index is 0.222. The van der Waals surface area contributed by atoms with Gasteiger partial charge in [-0.1, -0.05) is 0 Å². The number of ether oxygens (including phenoxy) is 1. The van der Waals surface area contributed by atoms with Crippen molar-refractivity contribution >= 4 is 0 Å². The Morgan fingerprint density at radius 1 is 1.62 bits per heavy atom. The van der Waals surface area contributed by atoms with E-state index in [0.717, 1.165) is 6.61 Å². The van der Waals surface area contributed by atoms with Crippen molar-refractivity contribution in [2.24, 2.45) is 5.73 Å². The fourth-order valence-electron chi connectivity index (χ4n) is 0.626. The van der Waals surface area contributed by atoms with Crippen molar-refractivity contribution in [2.45, 2.75) is 25.4 Å². The van der Waals surface area contributed by atoms with Crippen molar-refractivity contribution in [3.05, 3.63) is 0 Å². The average molecular weight is 115 g/mol. The first-order valence-electron chi connectivity index (χ1n) is 3.11. The molecule has 2 heteroatoms. The van der Waals surface area contributed by atoms with Crippen LogP contribution in [0.15, 0.2) is 0 Å². The minimum Gasteiger partial charge on any atom is -0.374 e. The van der Waals surface area contributed by atoms with Crippen LogP contribution in [0.1, 0.15) is 19.8 Å². The van der Waals surface area contributed by atoms with Crippen molar-refractivity contribution < 1.29 is 4.74 Å². The van der Waals surface area contributed by atoms with Crippen molar-refractivity contribution in [1.82, 2.24) is 0 Å². The van der Waals surface area contributed by atoms with Crippen molar-refractivity contribution in [1.29, 1.82) is 0 Å². The van der Waals surface area contributed by atoms with Gasteiger partial charge in [0.05, 0.1) is 12.2 Å². The summed E-state index contributed by atoms with van der Waals surface area (Å²) in [6.07, 6.45) is 2.43. The van der Waals surface area contributed by atoms with Gasteiger partial charge in [-0.15, -0.1) is 0 Å². The van der Waals surface area contributed by atoms with E-state index in [2.05, 4.69) is 6.92 Å². The van der Waals surface area contributed by atoms with E-state index in [9.17, 15) is 0 Å². The molecule has 48 valence electrons. The largest absolute Gasteiger partial charge is 0.374 e. The summed E-state index contributed by atoms with van der Waals surface area (Å²) in [5.74, 6) is 0. The number of nitrogens with two attached hydrogens (primary N) is 1. The zero-order valence-electron chi connectivity index (χ0n) is 5.31. The van der Waals surface area contributed by atoms with Gasteiger partial charge in [0.25, 0.3) is 0 Å². The summed E-state index contributed by atoms with van der Waals surface area (Å²) in [6, 6.07) is 0. The Morgan fingerprint density at radius 2 is 2.25 bits per heavy atom. The molecule has 0 unspecified atom stereocenters. The summed E-state index contributed by atoms with van der Waals surface area (Å²) in [6.45, 7) is 3.49. The Bertz CT molecular complexity index is 78.6. The smallest absolute Gasteiger partial charge is 0.0657 e. The molecular formula is C6H13NO. The molecule has 0 aromatic rings. The Morgan fingerprint density at radius 3 is 2.62 bits per heavy atom. The third kappa shape index (κ3) is 1.46. The zero-order valence-corrected chi connectivity index (χ0v) is 5.31. The van der Waals surface area contributed by atoms with Crippen LogP contribution in [0.25, 0.3) is 0 Å². The zero-order chi connectivity index (χ0) is 6.04. The molecule has 0 aromatic carbocycles. The standard InChI is InChI=1S/C6H13NO/c1-6(2-3-6)8-5-4-7/h2-5,7H2,1H3. The van der Waals surface area contributed by atoms with E-state index in [1.54, 1.807) is 0 Å². The van der Waals surface area contributed by atoms with Gasteiger partial charge >= 0.3 is 0 Å². The Balaban J connectivity index is 2.01. The first kappa shape index (κ1) is 6.05. The molecule has 8 heavy (non-hydrogen) atoms. The van der Waals surface area contributed by atoms with Crippen LogP contribution in [0.3, 0.4) is 0 Å². The monoisotopic (exact) mass is 115 g/mol. The van der Waals surface area contributed by atoms with Crippen LogP contribution < -0.4 is 5.73 Å². The molecule has 0 spiro atoms. The SMILES string of the molecule is CC1(OCCN)CC1. The molecule has 1 saturated carbocycles. The lowest BCUT2D eigenvalue weighted by Crippen LogP contribution is -2.15. The lowest BCUT2D eigenvalue weighted by Gasteiger charge is -2.07. The van der Waals surface area contributed by atoms with Crippen LogP contribution in [0.4, 0.5) is 0 Å². The molecule has 0 aliphatic heterocycles. The van der Waals surface area contributed by atoms with Crippen molar-refractivity contribution in [2.75, 3.05) is 13.2 Å². The van der Waals surface area contributed by atoms with Crippen LogP contribution in [-0.4, -0.2) is 18.8 Å². The Kier molecular flexibility index (Phi) is 1.54. The van der Waals surface area contributed by atoms with Crippen molar-refractivity contribution in [3.8, 4) is 0 Å². The molecule has 1 aliphatic carbocycles. The summed E-state index contributed by atoms with van der Waals surface area (Å²) in [4.78, 5) is 0. The number of hydrogen-bond acceptors (Lipinski definition) is 2. The lowest BCUT2D eigenvalue weighted by atomic mass is 10.4. The van der Waals surface area contributed by atoms with Gasteiger partial charge in [-0.25, -0.2) is 0 Å². The summed E-state index contributed by atoms with van der Waals surface area (Å²) < 4.78 is 5.36. The van der Waals surface area contributed by atoms with Gasteiger partial charge in [-0.3, -0.25) is 0 Å². The van der Waals surface area contributed by atoms with Gasteiger partial charge in [0, 0.05) is 6.54 Å². The van der Waals surface area contributed by atoms with Gasteiger partial charge < -0.3 is 10.5 Å². The van der Waals surface area contributed by atoms with Gasteiger partial charge in [-0.05, 0) is 19.8 Å². The maximum Gasteiger partial charge on any atom is 0.0657 e. The van der Waals surface area contributed by atoms with Gasteiger partial charge in [-0.2, -0.15) is 0 Å². The maximum atomic E-state index is 5.36. The summed E-state index contributed by atoms with van der Waals surface area (Å²) in [7, 11) is 0. The molecule has 0 saturated heterocycles. The van der Waals surface area contributed by atoms with Crippen LogP contribution in [0.2, 0.25) is 0 Å². The van der Waals surface area contributed by atoms with E-state index in [1.807, 2.05) is 0 Å². The van der Waals surface area contributed by atoms with Gasteiger partial charge in [0.2, 0.25) is 0 Å². The predicted octanol–water partition coefficient (Wildman–Crippen LogP) is 0.514. The lowest BCUT2D eigenvalue weighted by molar-refractivity contribution is 0.0521. The Hall–Kier alpha value is -0.0800. The maximum absolute atomic E-state index is 5.36. The number of hydrogen-bond donors (Lipinski definition) is 1. The van der Waals surface area contributed by atoms with Gasteiger partial charge in [0.1, 0.15) is 0 Å². The highest BCUT2D eigenvalue weighted by molar-refractivity contribution is 4.90. The van der Waals surface area contributed by atoms with Gasteiger partial charge in [0.15, 0.2) is 0 Å². The summed E-state index contributed by atoms with van der Waals surface area (Å²) in [5, 5.41) is 0. The topological polar surface area (TPSA) is 35.2 Å². The van der Waals surface area contributed by atoms with E-state index < -0.39 is 0 Å². The Labute approximate surface area is 50.0 Å². The third-order valence-electron chi connectivity index (χ3n) is 1.52. The highest BCUT2D eigenvalue weighted by Gasteiger charge is 2.37. The van der Waals surface area contributed by atoms with E-state index in [0.29, 0.717) is 6.54 Å². The molecule has 0 atom stereocenters. The van der Waals surface area contributed by atoms with E-state index in [1.165, 1.54) is 12.8 Å². The predicted molar refractivity (Wildman–Crippen MR) is 32.6 cm³/mol. The van der Waals surface area contributed by atoms with E-state index >= 15 is 0 Å². The number of rotatable bonds is 3. The molecule has 0 heterocycles. The second-order valence-corrected chi connectivity index (χ2v) is 2.59. The van der Waals surface area contributed by atoms with E-state index in [-0.39, 0.29) is 5.60 Å². The molecule has 1 rings (SSSR count). The fraction of sp³-hybridized carbons (Fsp3) is 1.00. The summed E-state index contributed by atoms with van der Waals surface area (Å²) >= 11 is 0. The third-order valence-corrected chi connectivity index (χ3v) is 1.52. The summed E-state index contributed by atoms with van der Waals surface area (Å²) in [5.41, 5.74) is 5.46. The molecule has 0 aromatic heterocycles. The molecule has 1 aliphatic rings.